The lowest BCUT2D eigenvalue weighted by Crippen LogP contribution is -2.55. The monoisotopic (exact) mass is 302 g/mol. The fourth-order valence-corrected chi connectivity index (χ4v) is 4.79. The van der Waals surface area contributed by atoms with Crippen LogP contribution in [0.3, 0.4) is 0 Å². The zero-order valence-electron chi connectivity index (χ0n) is 12.5. The third-order valence-electron chi connectivity index (χ3n) is 4.49. The van der Waals surface area contributed by atoms with E-state index in [1.807, 2.05) is 13.8 Å². The molecule has 2 saturated carbocycles. The quantitative estimate of drug-likeness (QED) is 0.746. The molecule has 1 aliphatic heterocycles. The molecular weight excluding hydrogens is 276 g/mol. The summed E-state index contributed by atoms with van der Waals surface area (Å²) in [5, 5.41) is 0. The summed E-state index contributed by atoms with van der Waals surface area (Å²) in [7, 11) is -3.33. The summed E-state index contributed by atoms with van der Waals surface area (Å²) >= 11 is 0. The molecule has 3 aliphatic rings. The first-order chi connectivity index (χ1) is 9.46. The summed E-state index contributed by atoms with van der Waals surface area (Å²) in [6.45, 7) is 6.31. The normalized spacial score (nSPS) is 32.8. The zero-order chi connectivity index (χ0) is 14.3. The van der Waals surface area contributed by atoms with E-state index in [1.54, 1.807) is 8.61 Å². The van der Waals surface area contributed by atoms with Gasteiger partial charge in [0, 0.05) is 25.7 Å². The summed E-state index contributed by atoms with van der Waals surface area (Å²) in [6, 6.07) is -0.0582. The van der Waals surface area contributed by atoms with E-state index in [2.05, 4.69) is 0 Å². The van der Waals surface area contributed by atoms with E-state index < -0.39 is 10.2 Å². The summed E-state index contributed by atoms with van der Waals surface area (Å²) in [5.74, 6) is 1.19. The van der Waals surface area contributed by atoms with Gasteiger partial charge in [-0.05, 0) is 51.4 Å². The predicted octanol–water partition coefficient (Wildman–Crippen LogP) is 1.46. The number of ether oxygens (including phenoxy) is 1. The molecule has 5 nitrogen and oxygen atoms in total. The van der Waals surface area contributed by atoms with Gasteiger partial charge < -0.3 is 4.74 Å². The Morgan fingerprint density at radius 3 is 2.15 bits per heavy atom. The topological polar surface area (TPSA) is 49.9 Å². The Morgan fingerprint density at radius 1 is 1.10 bits per heavy atom. The highest BCUT2D eigenvalue weighted by atomic mass is 32.2. The van der Waals surface area contributed by atoms with Crippen molar-refractivity contribution in [3.8, 4) is 0 Å². The number of nitrogens with zero attached hydrogens (tertiary/aromatic N) is 2. The van der Waals surface area contributed by atoms with E-state index in [9.17, 15) is 8.42 Å². The van der Waals surface area contributed by atoms with Gasteiger partial charge in [-0.2, -0.15) is 17.0 Å². The first-order valence-corrected chi connectivity index (χ1v) is 9.25. The maximum Gasteiger partial charge on any atom is 0.282 e. The molecule has 0 N–H and O–H groups in total. The van der Waals surface area contributed by atoms with Gasteiger partial charge in [-0.15, -0.1) is 0 Å². The van der Waals surface area contributed by atoms with Crippen molar-refractivity contribution in [1.82, 2.24) is 8.61 Å². The zero-order valence-corrected chi connectivity index (χ0v) is 13.3. The largest absolute Gasteiger partial charge is 0.375 e. The average Bonchev–Trinajstić information content (AvgIpc) is 3.25. The molecule has 0 bridgehead atoms. The lowest BCUT2D eigenvalue weighted by Gasteiger charge is -2.38. The van der Waals surface area contributed by atoms with Crippen molar-refractivity contribution in [2.24, 2.45) is 11.8 Å². The Bertz CT molecular complexity index is 431. The van der Waals surface area contributed by atoms with Crippen LogP contribution in [0.25, 0.3) is 0 Å². The first-order valence-electron chi connectivity index (χ1n) is 7.85. The fourth-order valence-electron chi connectivity index (χ4n) is 2.78. The van der Waals surface area contributed by atoms with Crippen LogP contribution in [0.15, 0.2) is 0 Å². The molecule has 3 rings (SSSR count). The minimum atomic E-state index is -3.33. The second kappa shape index (κ2) is 5.55. The molecule has 2 unspecified atom stereocenters. The smallest absolute Gasteiger partial charge is 0.282 e. The van der Waals surface area contributed by atoms with Crippen molar-refractivity contribution in [2.75, 3.05) is 26.2 Å². The molecule has 6 heteroatoms. The molecule has 0 amide bonds. The Hall–Kier alpha value is -0.170. The van der Waals surface area contributed by atoms with E-state index in [1.165, 1.54) is 25.7 Å². The van der Waals surface area contributed by atoms with E-state index in [4.69, 9.17) is 4.74 Å². The third-order valence-corrected chi connectivity index (χ3v) is 6.54. The highest BCUT2D eigenvalue weighted by Gasteiger charge is 2.41. The molecule has 2 aliphatic carbocycles. The van der Waals surface area contributed by atoms with Crippen LogP contribution in [0.1, 0.15) is 39.5 Å². The van der Waals surface area contributed by atoms with Crippen molar-refractivity contribution in [3.63, 3.8) is 0 Å². The summed E-state index contributed by atoms with van der Waals surface area (Å²) in [5.41, 5.74) is 0. The lowest BCUT2D eigenvalue weighted by molar-refractivity contribution is -0.0191. The van der Waals surface area contributed by atoms with Crippen molar-refractivity contribution < 1.29 is 13.2 Å². The second-order valence-corrected chi connectivity index (χ2v) is 8.66. The molecule has 20 heavy (non-hydrogen) atoms. The van der Waals surface area contributed by atoms with Crippen molar-refractivity contribution >= 4 is 10.2 Å². The highest BCUT2D eigenvalue weighted by Crippen LogP contribution is 2.35. The van der Waals surface area contributed by atoms with Gasteiger partial charge in [-0.25, -0.2) is 0 Å². The SMILES string of the molecule is CC1CN(S(=O)(=O)N(CC2CC2)CC2CC2)C(C)CO1. The average molecular weight is 302 g/mol. The van der Waals surface area contributed by atoms with Gasteiger partial charge in [-0.3, -0.25) is 0 Å². The standard InChI is InChI=1S/C14H26N2O3S/c1-11-10-19-12(2)7-16(11)20(17,18)15(8-13-3-4-13)9-14-5-6-14/h11-14H,3-10H2,1-2H3. The molecule has 1 saturated heterocycles. The Morgan fingerprint density at radius 2 is 1.65 bits per heavy atom. The fraction of sp³-hybridized carbons (Fsp3) is 1.00. The van der Waals surface area contributed by atoms with E-state index in [-0.39, 0.29) is 12.1 Å². The van der Waals surface area contributed by atoms with Gasteiger partial charge in [0.2, 0.25) is 0 Å². The number of hydrogen-bond acceptors (Lipinski definition) is 3. The highest BCUT2D eigenvalue weighted by molar-refractivity contribution is 7.86. The van der Waals surface area contributed by atoms with E-state index in [0.717, 1.165) is 13.1 Å². The molecular formula is C14H26N2O3S. The number of morpholine rings is 1. The van der Waals surface area contributed by atoms with Crippen LogP contribution >= 0.6 is 0 Å². The predicted molar refractivity (Wildman–Crippen MR) is 77.5 cm³/mol. The van der Waals surface area contributed by atoms with Crippen LogP contribution in [0, 0.1) is 11.8 Å². The van der Waals surface area contributed by atoms with Crippen LogP contribution < -0.4 is 0 Å². The number of rotatable bonds is 6. The minimum Gasteiger partial charge on any atom is -0.375 e. The van der Waals surface area contributed by atoms with E-state index >= 15 is 0 Å². The molecule has 0 spiro atoms. The van der Waals surface area contributed by atoms with Crippen LogP contribution in [0.2, 0.25) is 0 Å². The van der Waals surface area contributed by atoms with Crippen LogP contribution in [0.5, 0.6) is 0 Å². The molecule has 116 valence electrons. The Balaban J connectivity index is 1.74. The van der Waals surface area contributed by atoms with Gasteiger partial charge in [0.1, 0.15) is 0 Å². The molecule has 2 atom stereocenters. The summed E-state index contributed by atoms with van der Waals surface area (Å²) in [4.78, 5) is 0. The van der Waals surface area contributed by atoms with Crippen molar-refractivity contribution in [3.05, 3.63) is 0 Å². The minimum absolute atomic E-state index is 0.00956. The van der Waals surface area contributed by atoms with Crippen LogP contribution in [0.4, 0.5) is 0 Å². The Kier molecular flexibility index (Phi) is 4.10. The van der Waals surface area contributed by atoms with Crippen LogP contribution in [-0.4, -0.2) is 55.4 Å². The van der Waals surface area contributed by atoms with Gasteiger partial charge in [0.15, 0.2) is 0 Å². The maximum atomic E-state index is 13.0. The second-order valence-electron chi connectivity index (χ2n) is 6.77. The van der Waals surface area contributed by atoms with Crippen molar-refractivity contribution in [2.45, 2.75) is 51.7 Å². The molecule has 0 aromatic heterocycles. The van der Waals surface area contributed by atoms with Crippen molar-refractivity contribution in [1.29, 1.82) is 0 Å². The molecule has 0 aromatic carbocycles. The van der Waals surface area contributed by atoms with E-state index in [0.29, 0.717) is 25.0 Å². The maximum absolute atomic E-state index is 13.0. The molecule has 0 aromatic rings. The van der Waals surface area contributed by atoms with Gasteiger partial charge in [-0.1, -0.05) is 0 Å². The molecule has 1 heterocycles. The molecule has 0 radical (unpaired) electrons. The van der Waals surface area contributed by atoms with Gasteiger partial charge in [0.05, 0.1) is 12.7 Å². The third kappa shape index (κ3) is 3.35. The Labute approximate surface area is 122 Å². The molecule has 3 fully saturated rings. The summed E-state index contributed by atoms with van der Waals surface area (Å²) < 4.78 is 34.9. The summed E-state index contributed by atoms with van der Waals surface area (Å²) in [6.07, 6.45) is 4.74. The lowest BCUT2D eigenvalue weighted by atomic mass is 10.2. The number of hydrogen-bond donors (Lipinski definition) is 0. The van der Waals surface area contributed by atoms with Crippen LogP contribution in [-0.2, 0) is 14.9 Å². The van der Waals surface area contributed by atoms with Gasteiger partial charge >= 0.3 is 0 Å². The van der Waals surface area contributed by atoms with Gasteiger partial charge in [0.25, 0.3) is 10.2 Å². The first kappa shape index (κ1) is 14.8.